The molecule has 6 nitrogen and oxygen atoms in total. The summed E-state index contributed by atoms with van der Waals surface area (Å²) in [7, 11) is -3.38. The number of hydrogen-bond acceptors (Lipinski definition) is 5. The summed E-state index contributed by atoms with van der Waals surface area (Å²) in [5, 5.41) is 7.72. The van der Waals surface area contributed by atoms with Gasteiger partial charge in [0.15, 0.2) is 0 Å². The van der Waals surface area contributed by atoms with Crippen LogP contribution < -0.4 is 10.5 Å². The van der Waals surface area contributed by atoms with Gasteiger partial charge in [0.2, 0.25) is 10.0 Å². The molecule has 0 radical (unpaired) electrons. The van der Waals surface area contributed by atoms with E-state index in [1.807, 2.05) is 0 Å². The second-order valence-electron chi connectivity index (χ2n) is 2.74. The van der Waals surface area contributed by atoms with Gasteiger partial charge < -0.3 is 5.32 Å². The molecule has 0 saturated heterocycles. The maximum Gasteiger partial charge on any atom is 0.210 e. The van der Waals surface area contributed by atoms with E-state index in [0.717, 1.165) is 5.69 Å². The van der Waals surface area contributed by atoms with Gasteiger partial charge in [-0.05, 0) is 0 Å². The molecule has 0 atom stereocenters. The van der Waals surface area contributed by atoms with Gasteiger partial charge in [0.25, 0.3) is 0 Å². The Hall–Kier alpha value is -1.05. The van der Waals surface area contributed by atoms with Gasteiger partial charge in [-0.3, -0.25) is 9.97 Å². The van der Waals surface area contributed by atoms with E-state index in [0.29, 0.717) is 13.1 Å². The van der Waals surface area contributed by atoms with E-state index in [-0.39, 0.29) is 5.75 Å². The largest absolute Gasteiger partial charge is 0.310 e. The molecule has 3 N–H and O–H groups in total. The van der Waals surface area contributed by atoms with Crippen molar-refractivity contribution in [3.63, 3.8) is 0 Å². The van der Waals surface area contributed by atoms with Crippen LogP contribution in [0.25, 0.3) is 0 Å². The summed E-state index contributed by atoms with van der Waals surface area (Å²) in [5.74, 6) is -0.0761. The Morgan fingerprint density at radius 2 is 2.21 bits per heavy atom. The maximum atomic E-state index is 10.6. The predicted molar refractivity (Wildman–Crippen MR) is 51.7 cm³/mol. The molecule has 14 heavy (non-hydrogen) atoms. The highest BCUT2D eigenvalue weighted by molar-refractivity contribution is 7.89. The van der Waals surface area contributed by atoms with Crippen molar-refractivity contribution in [3.05, 3.63) is 24.3 Å². The van der Waals surface area contributed by atoms with E-state index in [2.05, 4.69) is 15.3 Å². The van der Waals surface area contributed by atoms with E-state index in [4.69, 9.17) is 5.14 Å². The van der Waals surface area contributed by atoms with Gasteiger partial charge in [-0.15, -0.1) is 0 Å². The Morgan fingerprint density at radius 3 is 2.79 bits per heavy atom. The standard InChI is InChI=1S/C7H12N4O2S/c8-14(12,13)4-3-10-6-7-5-9-1-2-11-7/h1-2,5,10H,3-4,6H2,(H2,8,12,13). The van der Waals surface area contributed by atoms with E-state index in [9.17, 15) is 8.42 Å². The number of rotatable bonds is 5. The topological polar surface area (TPSA) is 98.0 Å². The highest BCUT2D eigenvalue weighted by Crippen LogP contribution is 1.88. The van der Waals surface area contributed by atoms with Crippen LogP contribution in [0.3, 0.4) is 0 Å². The third kappa shape index (κ3) is 4.85. The second-order valence-corrected chi connectivity index (χ2v) is 4.47. The average Bonchev–Trinajstić information content (AvgIpc) is 2.13. The number of primary sulfonamides is 1. The fourth-order valence-electron chi connectivity index (χ4n) is 0.852. The molecular weight excluding hydrogens is 204 g/mol. The van der Waals surface area contributed by atoms with Crippen LogP contribution >= 0.6 is 0 Å². The lowest BCUT2D eigenvalue weighted by Crippen LogP contribution is -2.27. The van der Waals surface area contributed by atoms with Gasteiger partial charge in [-0.1, -0.05) is 0 Å². The second kappa shape index (κ2) is 4.99. The van der Waals surface area contributed by atoms with Crippen molar-refractivity contribution in [2.24, 2.45) is 5.14 Å². The van der Waals surface area contributed by atoms with Gasteiger partial charge in [0.05, 0.1) is 11.4 Å². The monoisotopic (exact) mass is 216 g/mol. The van der Waals surface area contributed by atoms with Crippen LogP contribution in [0, 0.1) is 0 Å². The quantitative estimate of drug-likeness (QED) is 0.606. The minimum Gasteiger partial charge on any atom is -0.310 e. The van der Waals surface area contributed by atoms with Crippen LogP contribution in [-0.4, -0.2) is 30.7 Å². The van der Waals surface area contributed by atoms with Crippen LogP contribution in [0.4, 0.5) is 0 Å². The van der Waals surface area contributed by atoms with Crippen LogP contribution in [0.5, 0.6) is 0 Å². The first-order chi connectivity index (χ1) is 6.58. The number of nitrogens with zero attached hydrogens (tertiary/aromatic N) is 2. The molecule has 0 unspecified atom stereocenters. The van der Waals surface area contributed by atoms with E-state index in [1.165, 1.54) is 0 Å². The fourth-order valence-corrected chi connectivity index (χ4v) is 1.28. The van der Waals surface area contributed by atoms with Gasteiger partial charge in [-0.2, -0.15) is 0 Å². The minimum absolute atomic E-state index is 0.0761. The summed E-state index contributed by atoms with van der Waals surface area (Å²) in [6.45, 7) is 0.804. The minimum atomic E-state index is -3.38. The van der Waals surface area contributed by atoms with Crippen molar-refractivity contribution in [2.75, 3.05) is 12.3 Å². The molecule has 78 valence electrons. The maximum absolute atomic E-state index is 10.6. The SMILES string of the molecule is NS(=O)(=O)CCNCc1cnccn1. The highest BCUT2D eigenvalue weighted by atomic mass is 32.2. The van der Waals surface area contributed by atoms with Crippen molar-refractivity contribution in [1.82, 2.24) is 15.3 Å². The smallest absolute Gasteiger partial charge is 0.210 e. The molecule has 0 aliphatic rings. The number of hydrogen-bond donors (Lipinski definition) is 2. The third-order valence-electron chi connectivity index (χ3n) is 1.49. The van der Waals surface area contributed by atoms with E-state index < -0.39 is 10.0 Å². The first kappa shape index (κ1) is 11.0. The predicted octanol–water partition coefficient (Wildman–Crippen LogP) is -1.15. The van der Waals surface area contributed by atoms with Gasteiger partial charge in [-0.25, -0.2) is 13.6 Å². The van der Waals surface area contributed by atoms with Crippen molar-refractivity contribution >= 4 is 10.0 Å². The zero-order chi connectivity index (χ0) is 10.4. The first-order valence-electron chi connectivity index (χ1n) is 4.04. The molecule has 0 fully saturated rings. The van der Waals surface area contributed by atoms with Gasteiger partial charge >= 0.3 is 0 Å². The van der Waals surface area contributed by atoms with Crippen molar-refractivity contribution in [3.8, 4) is 0 Å². The third-order valence-corrected chi connectivity index (χ3v) is 2.26. The van der Waals surface area contributed by atoms with Crippen LogP contribution in [-0.2, 0) is 16.6 Å². The lowest BCUT2D eigenvalue weighted by molar-refractivity contribution is 0.591. The molecule has 1 aromatic rings. The zero-order valence-corrected chi connectivity index (χ0v) is 8.37. The lowest BCUT2D eigenvalue weighted by atomic mass is 10.4. The van der Waals surface area contributed by atoms with Crippen LogP contribution in [0.2, 0.25) is 0 Å². The Morgan fingerprint density at radius 1 is 1.43 bits per heavy atom. The molecule has 0 spiro atoms. The molecule has 1 rings (SSSR count). The number of nitrogens with two attached hydrogens (primary N) is 1. The molecule has 0 aliphatic heterocycles. The molecule has 0 saturated carbocycles. The van der Waals surface area contributed by atoms with E-state index >= 15 is 0 Å². The van der Waals surface area contributed by atoms with E-state index in [1.54, 1.807) is 18.6 Å². The Bertz CT molecular complexity index is 365. The molecular formula is C7H12N4O2S. The molecule has 0 bridgehead atoms. The summed E-state index contributed by atoms with van der Waals surface area (Å²) in [6, 6.07) is 0. The Labute approximate surface area is 82.6 Å². The van der Waals surface area contributed by atoms with Crippen molar-refractivity contribution in [2.45, 2.75) is 6.54 Å². The van der Waals surface area contributed by atoms with Gasteiger partial charge in [0, 0.05) is 31.7 Å². The summed E-state index contributed by atoms with van der Waals surface area (Å²) < 4.78 is 21.1. The molecule has 1 heterocycles. The number of nitrogens with one attached hydrogen (secondary N) is 1. The first-order valence-corrected chi connectivity index (χ1v) is 5.75. The van der Waals surface area contributed by atoms with Crippen LogP contribution in [0.15, 0.2) is 18.6 Å². The Kier molecular flexibility index (Phi) is 3.93. The summed E-state index contributed by atoms with van der Waals surface area (Å²) in [5.41, 5.74) is 0.766. The fraction of sp³-hybridized carbons (Fsp3) is 0.429. The zero-order valence-electron chi connectivity index (χ0n) is 7.55. The molecule has 0 aliphatic carbocycles. The Balaban J connectivity index is 2.23. The van der Waals surface area contributed by atoms with Crippen LogP contribution in [0.1, 0.15) is 5.69 Å². The lowest BCUT2D eigenvalue weighted by Gasteiger charge is -2.01. The summed E-state index contributed by atoms with van der Waals surface area (Å²) in [4.78, 5) is 7.87. The normalized spacial score (nSPS) is 11.5. The highest BCUT2D eigenvalue weighted by Gasteiger charge is 2.01. The summed E-state index contributed by atoms with van der Waals surface area (Å²) in [6.07, 6.45) is 4.77. The molecule has 1 aromatic heterocycles. The summed E-state index contributed by atoms with van der Waals surface area (Å²) >= 11 is 0. The van der Waals surface area contributed by atoms with Gasteiger partial charge in [0.1, 0.15) is 0 Å². The molecule has 7 heteroatoms. The molecule has 0 amide bonds. The van der Waals surface area contributed by atoms with Crippen molar-refractivity contribution < 1.29 is 8.42 Å². The average molecular weight is 216 g/mol. The van der Waals surface area contributed by atoms with Crippen molar-refractivity contribution in [1.29, 1.82) is 0 Å². The number of aromatic nitrogens is 2. The number of sulfonamides is 1. The molecule has 0 aromatic carbocycles.